The molecule has 1 aromatic carbocycles. The lowest BCUT2D eigenvalue weighted by atomic mass is 10.3. The minimum absolute atomic E-state index is 0.289. The van der Waals surface area contributed by atoms with Gasteiger partial charge in [-0.1, -0.05) is 6.07 Å². The highest BCUT2D eigenvalue weighted by molar-refractivity contribution is 5.89. The molecule has 0 spiro atoms. The van der Waals surface area contributed by atoms with Crippen molar-refractivity contribution >= 4 is 11.7 Å². The van der Waals surface area contributed by atoms with Crippen LogP contribution >= 0.6 is 0 Å². The van der Waals surface area contributed by atoms with Gasteiger partial charge in [-0.15, -0.1) is 0 Å². The maximum atomic E-state index is 11.9. The number of hydrogen-bond acceptors (Lipinski definition) is 4. The lowest BCUT2D eigenvalue weighted by Gasteiger charge is -2.10. The molecule has 0 bridgehead atoms. The first-order valence-corrected chi connectivity index (χ1v) is 7.47. The standard InChI is InChI=1S/C18H17N3O3/c22-18(20-11-15-6-9-23-12-15)21-16-2-1-3-17(10-16)24-13-14-4-7-19-8-5-14/h1-10,12H,11,13H2,(H2,20,21,22). The van der Waals surface area contributed by atoms with E-state index in [1.165, 1.54) is 0 Å². The van der Waals surface area contributed by atoms with Gasteiger partial charge in [0.1, 0.15) is 12.4 Å². The highest BCUT2D eigenvalue weighted by Gasteiger charge is 2.04. The minimum Gasteiger partial charge on any atom is -0.489 e. The minimum atomic E-state index is -0.289. The number of urea groups is 1. The van der Waals surface area contributed by atoms with Gasteiger partial charge in [-0.05, 0) is 35.9 Å². The molecule has 0 saturated heterocycles. The highest BCUT2D eigenvalue weighted by atomic mass is 16.5. The fourth-order valence-corrected chi connectivity index (χ4v) is 2.06. The predicted octanol–water partition coefficient (Wildman–Crippen LogP) is 3.58. The van der Waals surface area contributed by atoms with Crippen LogP contribution in [0.2, 0.25) is 0 Å². The molecule has 2 N–H and O–H groups in total. The number of aromatic nitrogens is 1. The second-order valence-corrected chi connectivity index (χ2v) is 5.11. The number of carbonyl (C=O) groups excluding carboxylic acids is 1. The Labute approximate surface area is 139 Å². The van der Waals surface area contributed by atoms with E-state index in [1.807, 2.05) is 24.3 Å². The Morgan fingerprint density at radius 3 is 2.79 bits per heavy atom. The average Bonchev–Trinajstić information content (AvgIpc) is 3.13. The van der Waals surface area contributed by atoms with Crippen molar-refractivity contribution in [3.8, 4) is 5.75 Å². The third-order valence-electron chi connectivity index (χ3n) is 3.28. The summed E-state index contributed by atoms with van der Waals surface area (Å²) in [6.07, 6.45) is 6.61. The number of benzene rings is 1. The van der Waals surface area contributed by atoms with Gasteiger partial charge < -0.3 is 19.8 Å². The van der Waals surface area contributed by atoms with Gasteiger partial charge in [-0.25, -0.2) is 4.79 Å². The number of anilines is 1. The van der Waals surface area contributed by atoms with Crippen molar-refractivity contribution in [2.75, 3.05) is 5.32 Å². The van der Waals surface area contributed by atoms with E-state index in [0.29, 0.717) is 24.6 Å². The molecular weight excluding hydrogens is 306 g/mol. The summed E-state index contributed by atoms with van der Waals surface area (Å²) in [7, 11) is 0. The van der Waals surface area contributed by atoms with Gasteiger partial charge in [0.2, 0.25) is 0 Å². The molecule has 0 unspecified atom stereocenters. The number of carbonyl (C=O) groups is 1. The van der Waals surface area contributed by atoms with Gasteiger partial charge in [-0.2, -0.15) is 0 Å². The molecule has 0 aliphatic heterocycles. The molecule has 2 amide bonds. The molecule has 122 valence electrons. The summed E-state index contributed by atoms with van der Waals surface area (Å²) in [6.45, 7) is 0.846. The van der Waals surface area contributed by atoms with Crippen LogP contribution in [0.25, 0.3) is 0 Å². The fourth-order valence-electron chi connectivity index (χ4n) is 2.06. The van der Waals surface area contributed by atoms with Crippen LogP contribution < -0.4 is 15.4 Å². The van der Waals surface area contributed by atoms with E-state index in [4.69, 9.17) is 9.15 Å². The van der Waals surface area contributed by atoms with E-state index >= 15 is 0 Å². The number of rotatable bonds is 6. The van der Waals surface area contributed by atoms with E-state index in [-0.39, 0.29) is 6.03 Å². The maximum Gasteiger partial charge on any atom is 0.319 e. The Morgan fingerprint density at radius 2 is 2.00 bits per heavy atom. The average molecular weight is 323 g/mol. The van der Waals surface area contributed by atoms with Crippen molar-refractivity contribution in [1.82, 2.24) is 10.3 Å². The Balaban J connectivity index is 1.51. The molecule has 0 radical (unpaired) electrons. The van der Waals surface area contributed by atoms with Crippen LogP contribution in [0.5, 0.6) is 5.75 Å². The van der Waals surface area contributed by atoms with Gasteiger partial charge in [0.05, 0.1) is 12.5 Å². The monoisotopic (exact) mass is 323 g/mol. The lowest BCUT2D eigenvalue weighted by Crippen LogP contribution is -2.27. The van der Waals surface area contributed by atoms with Gasteiger partial charge in [0.25, 0.3) is 0 Å². The molecule has 0 saturated carbocycles. The summed E-state index contributed by atoms with van der Waals surface area (Å²) in [4.78, 5) is 15.9. The predicted molar refractivity (Wildman–Crippen MR) is 89.6 cm³/mol. The van der Waals surface area contributed by atoms with Crippen molar-refractivity contribution < 1.29 is 13.9 Å². The molecule has 0 aliphatic rings. The summed E-state index contributed by atoms with van der Waals surface area (Å²) >= 11 is 0. The smallest absolute Gasteiger partial charge is 0.319 e. The van der Waals surface area contributed by atoms with E-state index in [2.05, 4.69) is 15.6 Å². The fraction of sp³-hybridized carbons (Fsp3) is 0.111. The Bertz CT molecular complexity index is 773. The largest absolute Gasteiger partial charge is 0.489 e. The highest BCUT2D eigenvalue weighted by Crippen LogP contribution is 2.18. The molecule has 6 heteroatoms. The van der Waals surface area contributed by atoms with Gasteiger partial charge >= 0.3 is 6.03 Å². The van der Waals surface area contributed by atoms with Gasteiger partial charge in [0.15, 0.2) is 0 Å². The number of pyridine rings is 1. The third-order valence-corrected chi connectivity index (χ3v) is 3.28. The van der Waals surface area contributed by atoms with E-state index in [0.717, 1.165) is 11.1 Å². The van der Waals surface area contributed by atoms with E-state index in [9.17, 15) is 4.79 Å². The van der Waals surface area contributed by atoms with Gasteiger partial charge in [0, 0.05) is 36.3 Å². The van der Waals surface area contributed by atoms with E-state index < -0.39 is 0 Å². The van der Waals surface area contributed by atoms with Crippen LogP contribution in [0.3, 0.4) is 0 Å². The number of nitrogens with zero attached hydrogens (tertiary/aromatic N) is 1. The number of amides is 2. The Morgan fingerprint density at radius 1 is 1.12 bits per heavy atom. The summed E-state index contributed by atoms with van der Waals surface area (Å²) in [5, 5.41) is 5.53. The van der Waals surface area contributed by atoms with Crippen molar-refractivity contribution in [2.45, 2.75) is 13.2 Å². The molecule has 0 aliphatic carbocycles. The van der Waals surface area contributed by atoms with Crippen LogP contribution in [0.15, 0.2) is 71.8 Å². The molecule has 0 atom stereocenters. The van der Waals surface area contributed by atoms with Crippen molar-refractivity contribution in [2.24, 2.45) is 0 Å². The number of hydrogen-bond donors (Lipinski definition) is 2. The summed E-state index contributed by atoms with van der Waals surface area (Å²) < 4.78 is 10.7. The summed E-state index contributed by atoms with van der Waals surface area (Å²) in [5.41, 5.74) is 2.59. The lowest BCUT2D eigenvalue weighted by molar-refractivity contribution is 0.251. The van der Waals surface area contributed by atoms with Gasteiger partial charge in [-0.3, -0.25) is 4.98 Å². The zero-order chi connectivity index (χ0) is 16.6. The van der Waals surface area contributed by atoms with Crippen molar-refractivity contribution in [3.05, 3.63) is 78.5 Å². The molecular formula is C18H17N3O3. The first-order valence-electron chi connectivity index (χ1n) is 7.47. The molecule has 3 aromatic rings. The van der Waals surface area contributed by atoms with Crippen LogP contribution in [-0.2, 0) is 13.2 Å². The normalized spacial score (nSPS) is 10.2. The van der Waals surface area contributed by atoms with Crippen molar-refractivity contribution in [3.63, 3.8) is 0 Å². The first kappa shape index (κ1) is 15.6. The Kier molecular flexibility index (Phi) is 5.09. The quantitative estimate of drug-likeness (QED) is 0.727. The Hall–Kier alpha value is -3.28. The molecule has 2 aromatic heterocycles. The third kappa shape index (κ3) is 4.61. The molecule has 24 heavy (non-hydrogen) atoms. The summed E-state index contributed by atoms with van der Waals surface area (Å²) in [5.74, 6) is 0.680. The van der Waals surface area contributed by atoms with Crippen molar-refractivity contribution in [1.29, 1.82) is 0 Å². The number of ether oxygens (including phenoxy) is 1. The maximum absolute atomic E-state index is 11.9. The number of nitrogens with one attached hydrogen (secondary N) is 2. The molecule has 3 rings (SSSR count). The van der Waals surface area contributed by atoms with Crippen LogP contribution in [-0.4, -0.2) is 11.0 Å². The van der Waals surface area contributed by atoms with Crippen LogP contribution in [0, 0.1) is 0 Å². The topological polar surface area (TPSA) is 76.4 Å². The number of furan rings is 1. The zero-order valence-corrected chi connectivity index (χ0v) is 12.9. The summed E-state index contributed by atoms with van der Waals surface area (Å²) in [6, 6.07) is 12.5. The van der Waals surface area contributed by atoms with Crippen LogP contribution in [0.4, 0.5) is 10.5 Å². The van der Waals surface area contributed by atoms with E-state index in [1.54, 1.807) is 43.1 Å². The molecule has 0 fully saturated rings. The molecule has 2 heterocycles. The SMILES string of the molecule is O=C(NCc1ccoc1)Nc1cccc(OCc2ccncc2)c1. The first-order chi connectivity index (χ1) is 11.8. The van der Waals surface area contributed by atoms with Crippen LogP contribution in [0.1, 0.15) is 11.1 Å². The zero-order valence-electron chi connectivity index (χ0n) is 12.9. The second kappa shape index (κ2) is 7.82. The molecule has 6 nitrogen and oxygen atoms in total. The second-order valence-electron chi connectivity index (χ2n) is 5.11.